The zero-order valence-electron chi connectivity index (χ0n) is 18.7. The average Bonchev–Trinajstić information content (AvgIpc) is 2.72. The van der Waals surface area contributed by atoms with Crippen molar-refractivity contribution in [2.75, 3.05) is 6.61 Å². The fourth-order valence-electron chi connectivity index (χ4n) is 2.27. The predicted molar refractivity (Wildman–Crippen MR) is 121 cm³/mol. The van der Waals surface area contributed by atoms with Gasteiger partial charge < -0.3 is 9.47 Å². The number of hydrogen-bond donors (Lipinski definition) is 0. The van der Waals surface area contributed by atoms with Gasteiger partial charge in [-0.15, -0.1) is 0 Å². The van der Waals surface area contributed by atoms with E-state index in [1.54, 1.807) is 32.1 Å². The quantitative estimate of drug-likeness (QED) is 0.176. The van der Waals surface area contributed by atoms with Crippen LogP contribution in [0.15, 0.2) is 65.8 Å². The first kappa shape index (κ1) is 27.5. The smallest absolute Gasteiger partial charge is 0.308 e. The highest BCUT2D eigenvalue weighted by atomic mass is 32.2. The number of nitrogens with zero attached hydrogens (tertiary/aromatic N) is 1. The Balaban J connectivity index is 0.00000407. The van der Waals surface area contributed by atoms with E-state index in [-0.39, 0.29) is 11.7 Å². The summed E-state index contributed by atoms with van der Waals surface area (Å²) in [7, 11) is -1.71. The molecule has 0 heterocycles. The van der Waals surface area contributed by atoms with Crippen molar-refractivity contribution in [1.82, 2.24) is 4.31 Å². The fourth-order valence-corrected chi connectivity index (χ4v) is 3.31. The molecule has 7 heteroatoms. The fraction of sp³-hybridized carbons (Fsp3) is 0.391. The van der Waals surface area contributed by atoms with Crippen molar-refractivity contribution in [3.8, 4) is 0 Å². The Morgan fingerprint density at radius 1 is 1.17 bits per heavy atom. The maximum atomic E-state index is 12.5. The molecule has 0 radical (unpaired) electrons. The molecule has 1 rings (SSSR count). The molecular weight excluding hydrogens is 402 g/mol. The third kappa shape index (κ3) is 11.5. The first-order chi connectivity index (χ1) is 14.3. The molecule has 0 spiro atoms. The van der Waals surface area contributed by atoms with Crippen LogP contribution in [-0.4, -0.2) is 33.0 Å². The van der Waals surface area contributed by atoms with Gasteiger partial charge in [0.1, 0.15) is 16.7 Å². The topological polar surface area (TPSA) is 72.9 Å². The lowest BCUT2D eigenvalue weighted by Crippen LogP contribution is -2.36. The van der Waals surface area contributed by atoms with Gasteiger partial charge in [-0.2, -0.15) is 0 Å². The molecule has 1 amide bonds. The summed E-state index contributed by atoms with van der Waals surface area (Å²) in [6, 6.07) is 9.41. The number of hydrogen-bond acceptors (Lipinski definition) is 5. The van der Waals surface area contributed by atoms with Crippen LogP contribution in [0.1, 0.15) is 47.1 Å². The maximum absolute atomic E-state index is 12.5. The van der Waals surface area contributed by atoms with Crippen molar-refractivity contribution in [3.05, 3.63) is 71.4 Å². The summed E-state index contributed by atoms with van der Waals surface area (Å²) in [6.07, 6.45) is 6.54. The summed E-state index contributed by atoms with van der Waals surface area (Å²) in [5, 5.41) is 1.32. The van der Waals surface area contributed by atoms with Crippen molar-refractivity contribution in [3.63, 3.8) is 0 Å². The second-order valence-electron chi connectivity index (χ2n) is 5.88. The van der Waals surface area contributed by atoms with E-state index in [0.717, 1.165) is 5.56 Å². The van der Waals surface area contributed by atoms with E-state index in [0.29, 0.717) is 13.2 Å². The molecule has 2 atom stereocenters. The third-order valence-electron chi connectivity index (χ3n) is 3.51. The minimum absolute atomic E-state index is 0.266. The van der Waals surface area contributed by atoms with Gasteiger partial charge in [-0.05, 0) is 31.6 Å². The minimum atomic E-state index is -1.71. The lowest BCUT2D eigenvalue weighted by Gasteiger charge is -2.22. The number of carbonyl (C=O) groups is 2. The van der Waals surface area contributed by atoms with E-state index in [1.165, 1.54) is 29.6 Å². The largest absolute Gasteiger partial charge is 0.427 e. The molecule has 0 aliphatic heterocycles. The molecule has 1 aromatic rings. The molecule has 0 aliphatic rings. The van der Waals surface area contributed by atoms with E-state index in [4.69, 9.17) is 9.47 Å². The molecule has 0 bridgehead atoms. The Bertz CT molecular complexity index is 756. The number of rotatable bonds is 10. The van der Waals surface area contributed by atoms with Crippen LogP contribution in [0, 0.1) is 0 Å². The van der Waals surface area contributed by atoms with Gasteiger partial charge in [0.2, 0.25) is 5.91 Å². The van der Waals surface area contributed by atoms with Gasteiger partial charge in [-0.25, -0.2) is 4.21 Å². The van der Waals surface area contributed by atoms with Crippen LogP contribution in [-0.2, 0) is 36.7 Å². The average molecular weight is 436 g/mol. The molecule has 0 aliphatic carbocycles. The van der Waals surface area contributed by atoms with Crippen molar-refractivity contribution in [2.24, 2.45) is 0 Å². The highest BCUT2D eigenvalue weighted by molar-refractivity contribution is 7.86. The Morgan fingerprint density at radius 3 is 2.33 bits per heavy atom. The van der Waals surface area contributed by atoms with Crippen LogP contribution < -0.4 is 0 Å². The molecule has 2 unspecified atom stereocenters. The number of amides is 1. The monoisotopic (exact) mass is 435 g/mol. The second-order valence-corrected chi connectivity index (χ2v) is 7.10. The zero-order chi connectivity index (χ0) is 22.9. The normalized spacial score (nSPS) is 13.5. The lowest BCUT2D eigenvalue weighted by molar-refractivity contribution is -0.136. The SMILES string of the molecule is C/C=C(/C=C/S(=O)N(C(C)=O)C(C)/C=C\COCc1ccccc1)OC(C)=O.CC. The van der Waals surface area contributed by atoms with E-state index >= 15 is 0 Å². The van der Waals surface area contributed by atoms with Crippen molar-refractivity contribution in [2.45, 2.75) is 54.2 Å². The van der Waals surface area contributed by atoms with Crippen LogP contribution in [0.3, 0.4) is 0 Å². The van der Waals surface area contributed by atoms with Crippen LogP contribution in [0.4, 0.5) is 0 Å². The molecule has 1 aromatic carbocycles. The van der Waals surface area contributed by atoms with E-state index in [9.17, 15) is 13.8 Å². The molecule has 0 N–H and O–H groups in total. The highest BCUT2D eigenvalue weighted by Crippen LogP contribution is 2.10. The molecular formula is C23H33NO5S. The minimum Gasteiger partial charge on any atom is -0.427 e. The number of benzene rings is 1. The van der Waals surface area contributed by atoms with Gasteiger partial charge in [0.25, 0.3) is 0 Å². The van der Waals surface area contributed by atoms with Gasteiger partial charge in [-0.1, -0.05) is 56.3 Å². The molecule has 30 heavy (non-hydrogen) atoms. The first-order valence-corrected chi connectivity index (χ1v) is 11.0. The molecule has 0 fully saturated rings. The summed E-state index contributed by atoms with van der Waals surface area (Å²) in [6.45, 7) is 11.0. The van der Waals surface area contributed by atoms with E-state index in [2.05, 4.69) is 0 Å². The summed E-state index contributed by atoms with van der Waals surface area (Å²) in [4.78, 5) is 22.9. The Hall–Kier alpha value is -2.51. The third-order valence-corrected chi connectivity index (χ3v) is 4.86. The predicted octanol–water partition coefficient (Wildman–Crippen LogP) is 4.67. The first-order valence-electron chi connectivity index (χ1n) is 9.87. The van der Waals surface area contributed by atoms with Gasteiger partial charge in [0.05, 0.1) is 19.3 Å². The van der Waals surface area contributed by atoms with Gasteiger partial charge in [0, 0.05) is 19.3 Å². The number of esters is 1. The van der Waals surface area contributed by atoms with Crippen molar-refractivity contribution < 1.29 is 23.3 Å². The number of carbonyl (C=O) groups excluding carboxylic acids is 2. The second kappa shape index (κ2) is 16.3. The number of ether oxygens (including phenoxy) is 2. The van der Waals surface area contributed by atoms with Gasteiger partial charge in [-0.3, -0.25) is 13.9 Å². The van der Waals surface area contributed by atoms with Crippen LogP contribution >= 0.6 is 0 Å². The standard InChI is InChI=1S/C21H27NO5S.C2H6/c1-5-21(27-19(4)24)13-15-28(25)22(18(3)23)17(2)10-9-14-26-16-20-11-7-6-8-12-20;1-2/h5-13,15,17H,14,16H2,1-4H3;1-2H3/b10-9-,15-13+,21-5-;. The van der Waals surface area contributed by atoms with Gasteiger partial charge >= 0.3 is 5.97 Å². The van der Waals surface area contributed by atoms with E-state index < -0.39 is 23.0 Å². The summed E-state index contributed by atoms with van der Waals surface area (Å²) in [5.74, 6) is -0.541. The summed E-state index contributed by atoms with van der Waals surface area (Å²) >= 11 is 0. The Morgan fingerprint density at radius 2 is 1.80 bits per heavy atom. The van der Waals surface area contributed by atoms with Crippen LogP contribution in [0.5, 0.6) is 0 Å². The molecule has 0 aromatic heterocycles. The molecule has 6 nitrogen and oxygen atoms in total. The van der Waals surface area contributed by atoms with Gasteiger partial charge in [0.15, 0.2) is 0 Å². The summed E-state index contributed by atoms with van der Waals surface area (Å²) < 4.78 is 24.2. The van der Waals surface area contributed by atoms with E-state index in [1.807, 2.05) is 44.2 Å². The molecule has 0 saturated heterocycles. The van der Waals surface area contributed by atoms with Crippen LogP contribution in [0.2, 0.25) is 0 Å². The Labute approximate surface area is 182 Å². The zero-order valence-corrected chi connectivity index (χ0v) is 19.5. The lowest BCUT2D eigenvalue weighted by atomic mass is 10.2. The van der Waals surface area contributed by atoms with Crippen LogP contribution in [0.25, 0.3) is 0 Å². The van der Waals surface area contributed by atoms with Crippen molar-refractivity contribution in [1.29, 1.82) is 0 Å². The highest BCUT2D eigenvalue weighted by Gasteiger charge is 2.19. The number of allylic oxidation sites excluding steroid dienone is 2. The molecule has 0 saturated carbocycles. The Kier molecular flexibility index (Phi) is 14.9. The van der Waals surface area contributed by atoms with Crippen molar-refractivity contribution >= 4 is 22.9 Å². The summed E-state index contributed by atoms with van der Waals surface area (Å²) in [5.41, 5.74) is 1.08. The molecule has 166 valence electrons. The maximum Gasteiger partial charge on any atom is 0.308 e.